The molecule has 0 radical (unpaired) electrons. The van der Waals surface area contributed by atoms with Crippen molar-refractivity contribution in [2.45, 2.75) is 44.8 Å². The Bertz CT molecular complexity index is 877. The summed E-state index contributed by atoms with van der Waals surface area (Å²) in [5.74, 6) is 0.140. The number of fused-ring (bicyclic) bond motifs is 3. The van der Waals surface area contributed by atoms with Gasteiger partial charge in [0.05, 0.1) is 6.10 Å². The SMILES string of the molecule is CCCCSSCOC(C)C(NC(=O)OCC1c2ccccc2-c2ccccc21)C(=O)O. The Morgan fingerprint density at radius 2 is 1.69 bits per heavy atom. The molecular weight excluding hydrogens is 446 g/mol. The van der Waals surface area contributed by atoms with Gasteiger partial charge in [-0.3, -0.25) is 0 Å². The molecule has 1 aliphatic rings. The van der Waals surface area contributed by atoms with Crippen LogP contribution in [0.1, 0.15) is 43.7 Å². The van der Waals surface area contributed by atoms with Gasteiger partial charge in [-0.15, -0.1) is 0 Å². The highest BCUT2D eigenvalue weighted by Gasteiger charge is 2.31. The number of benzene rings is 2. The van der Waals surface area contributed by atoms with Crippen molar-refractivity contribution in [2.75, 3.05) is 18.3 Å². The first kappa shape index (κ1) is 24.5. The molecule has 0 bridgehead atoms. The van der Waals surface area contributed by atoms with Crippen molar-refractivity contribution in [2.24, 2.45) is 0 Å². The van der Waals surface area contributed by atoms with Crippen LogP contribution in [0.4, 0.5) is 4.79 Å². The highest BCUT2D eigenvalue weighted by molar-refractivity contribution is 8.76. The average Bonchev–Trinajstić information content (AvgIpc) is 3.12. The van der Waals surface area contributed by atoms with Crippen LogP contribution < -0.4 is 5.32 Å². The molecule has 0 fully saturated rings. The lowest BCUT2D eigenvalue weighted by Crippen LogP contribution is -2.49. The number of carboxylic acid groups (broad SMARTS) is 1. The molecule has 32 heavy (non-hydrogen) atoms. The number of rotatable bonds is 12. The fourth-order valence-electron chi connectivity index (χ4n) is 3.67. The van der Waals surface area contributed by atoms with Crippen molar-refractivity contribution in [1.29, 1.82) is 0 Å². The Kier molecular flexibility index (Phi) is 9.32. The minimum absolute atomic E-state index is 0.0818. The van der Waals surface area contributed by atoms with Gasteiger partial charge in [-0.1, -0.05) is 83.5 Å². The van der Waals surface area contributed by atoms with Gasteiger partial charge in [0.15, 0.2) is 6.04 Å². The predicted molar refractivity (Wildman–Crippen MR) is 130 cm³/mol. The highest BCUT2D eigenvalue weighted by atomic mass is 33.1. The van der Waals surface area contributed by atoms with E-state index in [9.17, 15) is 14.7 Å². The third-order valence-corrected chi connectivity index (χ3v) is 7.54. The summed E-state index contributed by atoms with van der Waals surface area (Å²) in [5.41, 5.74) is 4.48. The van der Waals surface area contributed by atoms with Crippen molar-refractivity contribution >= 4 is 33.7 Å². The van der Waals surface area contributed by atoms with E-state index in [2.05, 4.69) is 24.4 Å². The van der Waals surface area contributed by atoms with Gasteiger partial charge in [-0.25, -0.2) is 9.59 Å². The van der Waals surface area contributed by atoms with Crippen molar-refractivity contribution in [3.8, 4) is 11.1 Å². The number of ether oxygens (including phenoxy) is 2. The lowest BCUT2D eigenvalue weighted by Gasteiger charge is -2.22. The summed E-state index contributed by atoms with van der Waals surface area (Å²) in [4.78, 5) is 24.1. The number of alkyl carbamates (subject to hydrolysis) is 1. The molecule has 172 valence electrons. The number of carbonyl (C=O) groups is 2. The molecule has 1 aliphatic carbocycles. The van der Waals surface area contributed by atoms with Gasteiger partial charge in [0, 0.05) is 11.7 Å². The van der Waals surface area contributed by atoms with Crippen LogP contribution in [-0.4, -0.2) is 47.6 Å². The number of aliphatic carboxylic acids is 1. The van der Waals surface area contributed by atoms with E-state index in [0.717, 1.165) is 40.8 Å². The highest BCUT2D eigenvalue weighted by Crippen LogP contribution is 2.44. The van der Waals surface area contributed by atoms with Crippen LogP contribution in [0.25, 0.3) is 11.1 Å². The molecule has 0 aliphatic heterocycles. The summed E-state index contributed by atoms with van der Waals surface area (Å²) in [7, 11) is 3.24. The monoisotopic (exact) mass is 475 g/mol. The lowest BCUT2D eigenvalue weighted by atomic mass is 9.98. The van der Waals surface area contributed by atoms with E-state index in [1.165, 1.54) is 0 Å². The number of amides is 1. The third-order valence-electron chi connectivity index (χ3n) is 5.40. The van der Waals surface area contributed by atoms with Gasteiger partial charge in [-0.05, 0) is 35.6 Å². The number of nitrogens with one attached hydrogen (secondary N) is 1. The molecule has 0 heterocycles. The molecule has 2 atom stereocenters. The largest absolute Gasteiger partial charge is 0.480 e. The topological polar surface area (TPSA) is 84.9 Å². The van der Waals surface area contributed by atoms with E-state index in [4.69, 9.17) is 9.47 Å². The van der Waals surface area contributed by atoms with Crippen LogP contribution in [0.5, 0.6) is 0 Å². The molecule has 0 spiro atoms. The Balaban J connectivity index is 1.53. The summed E-state index contributed by atoms with van der Waals surface area (Å²) < 4.78 is 11.1. The van der Waals surface area contributed by atoms with Gasteiger partial charge in [0.25, 0.3) is 0 Å². The van der Waals surface area contributed by atoms with E-state index < -0.39 is 24.2 Å². The summed E-state index contributed by atoms with van der Waals surface area (Å²) in [6, 6.07) is 14.9. The van der Waals surface area contributed by atoms with Gasteiger partial charge < -0.3 is 19.9 Å². The minimum atomic E-state index is -1.19. The first-order valence-electron chi connectivity index (χ1n) is 10.7. The molecule has 6 nitrogen and oxygen atoms in total. The molecule has 0 aromatic heterocycles. The van der Waals surface area contributed by atoms with E-state index in [-0.39, 0.29) is 12.5 Å². The minimum Gasteiger partial charge on any atom is -0.480 e. The quantitative estimate of drug-likeness (QED) is 0.237. The maximum Gasteiger partial charge on any atom is 0.407 e. The van der Waals surface area contributed by atoms with Crippen molar-refractivity contribution in [3.63, 3.8) is 0 Å². The summed E-state index contributed by atoms with van der Waals surface area (Å²) >= 11 is 0. The van der Waals surface area contributed by atoms with E-state index in [1.54, 1.807) is 28.5 Å². The smallest absolute Gasteiger partial charge is 0.407 e. The van der Waals surface area contributed by atoms with Crippen LogP contribution in [0.2, 0.25) is 0 Å². The Labute approximate surface area is 196 Å². The molecule has 0 saturated heterocycles. The van der Waals surface area contributed by atoms with Crippen molar-refractivity contribution in [1.82, 2.24) is 5.32 Å². The van der Waals surface area contributed by atoms with Crippen LogP contribution >= 0.6 is 21.6 Å². The second kappa shape index (κ2) is 12.2. The molecular formula is C24H29NO5S2. The van der Waals surface area contributed by atoms with E-state index in [0.29, 0.717) is 5.94 Å². The van der Waals surface area contributed by atoms with Crippen LogP contribution in [0.15, 0.2) is 48.5 Å². The van der Waals surface area contributed by atoms with Crippen LogP contribution in [0, 0.1) is 0 Å². The van der Waals surface area contributed by atoms with Crippen molar-refractivity contribution < 1.29 is 24.2 Å². The molecule has 2 aromatic rings. The molecule has 1 amide bonds. The number of unbranched alkanes of at least 4 members (excludes halogenated alkanes) is 1. The van der Waals surface area contributed by atoms with Crippen LogP contribution in [-0.2, 0) is 14.3 Å². The summed E-state index contributed by atoms with van der Waals surface area (Å²) in [6.45, 7) is 3.90. The van der Waals surface area contributed by atoms with Crippen molar-refractivity contribution in [3.05, 3.63) is 59.7 Å². The molecule has 2 N–H and O–H groups in total. The molecule has 8 heteroatoms. The third kappa shape index (κ3) is 6.21. The van der Waals surface area contributed by atoms with E-state index >= 15 is 0 Å². The Morgan fingerprint density at radius 1 is 1.06 bits per heavy atom. The predicted octanol–water partition coefficient (Wildman–Crippen LogP) is 5.52. The zero-order valence-electron chi connectivity index (χ0n) is 18.3. The standard InChI is InChI=1S/C24H29NO5S2/c1-3-4-13-31-32-15-30-16(2)22(23(26)27)25-24(28)29-14-21-19-11-7-5-9-17(19)18-10-6-8-12-20(18)21/h5-12,16,21-22H,3-4,13-15H2,1-2H3,(H,25,28)(H,26,27). The Morgan fingerprint density at radius 3 is 2.28 bits per heavy atom. The fraction of sp³-hybridized carbons (Fsp3) is 0.417. The molecule has 2 unspecified atom stereocenters. The number of carbonyl (C=O) groups excluding carboxylic acids is 1. The maximum absolute atomic E-state index is 12.4. The molecule has 2 aromatic carbocycles. The lowest BCUT2D eigenvalue weighted by molar-refractivity contribution is -0.142. The second-order valence-corrected chi connectivity index (χ2v) is 10.1. The number of hydrogen-bond donors (Lipinski definition) is 2. The first-order valence-corrected chi connectivity index (χ1v) is 13.2. The zero-order valence-corrected chi connectivity index (χ0v) is 19.9. The Hall–Kier alpha value is -2.16. The number of hydrogen-bond acceptors (Lipinski definition) is 6. The fourth-order valence-corrected chi connectivity index (χ4v) is 5.61. The van der Waals surface area contributed by atoms with Gasteiger partial charge in [-0.2, -0.15) is 0 Å². The summed E-state index contributed by atoms with van der Waals surface area (Å²) in [5, 5.41) is 12.0. The van der Waals surface area contributed by atoms with E-state index in [1.807, 2.05) is 36.4 Å². The maximum atomic E-state index is 12.4. The second-order valence-electron chi connectivity index (χ2n) is 7.57. The molecule has 3 rings (SSSR count). The summed E-state index contributed by atoms with van der Waals surface area (Å²) in [6.07, 6.45) is 0.816. The van der Waals surface area contributed by atoms with Crippen LogP contribution in [0.3, 0.4) is 0 Å². The van der Waals surface area contributed by atoms with Gasteiger partial charge in [0.2, 0.25) is 0 Å². The molecule has 0 saturated carbocycles. The normalized spacial score (nSPS) is 14.3. The van der Waals surface area contributed by atoms with Gasteiger partial charge >= 0.3 is 12.1 Å². The number of carboxylic acids is 1. The van der Waals surface area contributed by atoms with Gasteiger partial charge in [0.1, 0.15) is 12.5 Å². The first-order chi connectivity index (χ1) is 15.5. The average molecular weight is 476 g/mol. The zero-order chi connectivity index (χ0) is 22.9.